The maximum absolute atomic E-state index is 13.0. The molecule has 4 rings (SSSR count). The van der Waals surface area contributed by atoms with Crippen molar-refractivity contribution in [3.05, 3.63) is 125 Å². The predicted octanol–water partition coefficient (Wildman–Crippen LogP) is 7.64. The Hall–Kier alpha value is -3.83. The second-order valence-corrected chi connectivity index (χ2v) is 10.9. The molecule has 0 atom stereocenters. The zero-order chi connectivity index (χ0) is 26.3. The highest BCUT2D eigenvalue weighted by Crippen LogP contribution is 2.24. The van der Waals surface area contributed by atoms with Gasteiger partial charge in [-0.15, -0.1) is 11.8 Å². The maximum Gasteiger partial charge on any atom is 0.255 e. The van der Waals surface area contributed by atoms with E-state index >= 15 is 0 Å². The van der Waals surface area contributed by atoms with Gasteiger partial charge in [0.05, 0.1) is 6.61 Å². The predicted molar refractivity (Wildman–Crippen MR) is 152 cm³/mol. The molecule has 0 aliphatic rings. The van der Waals surface area contributed by atoms with Crippen molar-refractivity contribution in [3.63, 3.8) is 0 Å². The smallest absolute Gasteiger partial charge is 0.255 e. The van der Waals surface area contributed by atoms with Crippen LogP contribution in [0.25, 0.3) is 0 Å². The fraction of sp³-hybridized carbons (Fsp3) is 0.188. The monoisotopic (exact) mass is 509 g/mol. The summed E-state index contributed by atoms with van der Waals surface area (Å²) < 4.78 is 5.80. The quantitative estimate of drug-likeness (QED) is 0.143. The molecule has 0 unspecified atom stereocenters. The van der Waals surface area contributed by atoms with Crippen molar-refractivity contribution in [2.24, 2.45) is 0 Å². The van der Waals surface area contributed by atoms with Crippen molar-refractivity contribution in [3.8, 4) is 5.75 Å². The fourth-order valence-corrected chi connectivity index (χ4v) is 4.52. The molecule has 37 heavy (non-hydrogen) atoms. The number of amides is 1. The van der Waals surface area contributed by atoms with Gasteiger partial charge in [-0.05, 0) is 59.5 Å². The number of anilines is 1. The number of ketones is 1. The van der Waals surface area contributed by atoms with Crippen molar-refractivity contribution < 1.29 is 14.3 Å². The summed E-state index contributed by atoms with van der Waals surface area (Å²) >= 11 is 1.74. The van der Waals surface area contributed by atoms with E-state index in [-0.39, 0.29) is 17.1 Å². The Morgan fingerprint density at radius 1 is 0.757 bits per heavy atom. The number of nitrogens with one attached hydrogen (secondary N) is 1. The standard InChI is InChI=1S/C32H31NO3S/c1-32(2,3)26-16-12-23(13-17-26)30(34)25-8-7-9-27(22-25)33-31(35)24-14-18-28(19-15-24)36-20-21-37-29-10-5-4-6-11-29/h4-19,22H,20-21H2,1-3H3,(H,33,35). The van der Waals surface area contributed by atoms with E-state index in [1.54, 1.807) is 60.3 Å². The Morgan fingerprint density at radius 3 is 2.11 bits per heavy atom. The number of hydrogen-bond acceptors (Lipinski definition) is 4. The highest BCUT2D eigenvalue weighted by atomic mass is 32.2. The van der Waals surface area contributed by atoms with Crippen LogP contribution in [-0.2, 0) is 5.41 Å². The zero-order valence-electron chi connectivity index (χ0n) is 21.4. The van der Waals surface area contributed by atoms with Crippen LogP contribution < -0.4 is 10.1 Å². The van der Waals surface area contributed by atoms with Crippen molar-refractivity contribution in [2.75, 3.05) is 17.7 Å². The molecule has 0 radical (unpaired) electrons. The van der Waals surface area contributed by atoms with Crippen LogP contribution in [0.5, 0.6) is 5.75 Å². The number of ether oxygens (including phenoxy) is 1. The Labute approximate surface area is 223 Å². The van der Waals surface area contributed by atoms with E-state index in [0.717, 1.165) is 11.5 Å². The number of rotatable bonds is 9. The third-order valence-electron chi connectivity index (χ3n) is 5.88. The maximum atomic E-state index is 13.0. The van der Waals surface area contributed by atoms with Crippen LogP contribution in [-0.4, -0.2) is 24.1 Å². The van der Waals surface area contributed by atoms with Gasteiger partial charge < -0.3 is 10.1 Å². The Bertz CT molecular complexity index is 1340. The van der Waals surface area contributed by atoms with Gasteiger partial charge in [-0.3, -0.25) is 9.59 Å². The topological polar surface area (TPSA) is 55.4 Å². The molecule has 4 aromatic rings. The summed E-state index contributed by atoms with van der Waals surface area (Å²) in [5.74, 6) is 1.23. The normalized spacial score (nSPS) is 11.1. The minimum absolute atomic E-state index is 0.0253. The molecule has 0 aromatic heterocycles. The summed E-state index contributed by atoms with van der Waals surface area (Å²) in [6.45, 7) is 7.00. The highest BCUT2D eigenvalue weighted by molar-refractivity contribution is 7.99. The molecule has 4 aromatic carbocycles. The van der Waals surface area contributed by atoms with Gasteiger partial charge in [-0.2, -0.15) is 0 Å². The SMILES string of the molecule is CC(C)(C)c1ccc(C(=O)c2cccc(NC(=O)c3ccc(OCCSc4ccccc4)cc3)c2)cc1. The van der Waals surface area contributed by atoms with E-state index < -0.39 is 0 Å². The third kappa shape index (κ3) is 7.34. The van der Waals surface area contributed by atoms with Gasteiger partial charge in [0.15, 0.2) is 5.78 Å². The Balaban J connectivity index is 1.32. The summed E-state index contributed by atoms with van der Waals surface area (Å²) in [5.41, 5.74) is 3.43. The zero-order valence-corrected chi connectivity index (χ0v) is 22.2. The van der Waals surface area contributed by atoms with Crippen LogP contribution in [0.2, 0.25) is 0 Å². The molecule has 0 saturated carbocycles. The molecule has 5 heteroatoms. The average Bonchev–Trinajstić information content (AvgIpc) is 2.91. The molecule has 1 amide bonds. The molecular formula is C32H31NO3S. The lowest BCUT2D eigenvalue weighted by molar-refractivity contribution is 0.102. The fourth-order valence-electron chi connectivity index (χ4n) is 3.77. The largest absolute Gasteiger partial charge is 0.493 e. The molecule has 0 aliphatic carbocycles. The number of benzene rings is 4. The lowest BCUT2D eigenvalue weighted by Crippen LogP contribution is -2.13. The summed E-state index contributed by atoms with van der Waals surface area (Å²) in [4.78, 5) is 27.0. The van der Waals surface area contributed by atoms with Crippen molar-refractivity contribution in [1.29, 1.82) is 0 Å². The third-order valence-corrected chi connectivity index (χ3v) is 6.85. The van der Waals surface area contributed by atoms with Crippen LogP contribution in [0.15, 0.2) is 108 Å². The minimum Gasteiger partial charge on any atom is -0.493 e. The van der Waals surface area contributed by atoms with E-state index in [4.69, 9.17) is 4.74 Å². The van der Waals surface area contributed by atoms with Crippen LogP contribution >= 0.6 is 11.8 Å². The van der Waals surface area contributed by atoms with Gasteiger partial charge in [0.1, 0.15) is 5.75 Å². The van der Waals surface area contributed by atoms with Gasteiger partial charge >= 0.3 is 0 Å². The molecule has 0 bridgehead atoms. The van der Waals surface area contributed by atoms with Gasteiger partial charge in [-0.25, -0.2) is 0 Å². The molecule has 0 aliphatic heterocycles. The van der Waals surface area contributed by atoms with Crippen molar-refractivity contribution in [1.82, 2.24) is 0 Å². The molecule has 4 nitrogen and oxygen atoms in total. The molecular weight excluding hydrogens is 478 g/mol. The summed E-state index contributed by atoms with van der Waals surface area (Å²) in [6.07, 6.45) is 0. The molecule has 1 N–H and O–H groups in total. The molecule has 0 heterocycles. The minimum atomic E-state index is -0.245. The first-order valence-corrected chi connectivity index (χ1v) is 13.3. The van der Waals surface area contributed by atoms with Gasteiger partial charge in [0, 0.05) is 33.0 Å². The van der Waals surface area contributed by atoms with Gasteiger partial charge in [-0.1, -0.05) is 75.4 Å². The van der Waals surface area contributed by atoms with Crippen LogP contribution in [0.1, 0.15) is 52.6 Å². The highest BCUT2D eigenvalue weighted by Gasteiger charge is 2.16. The van der Waals surface area contributed by atoms with Crippen molar-refractivity contribution >= 4 is 29.1 Å². The molecule has 0 spiro atoms. The second-order valence-electron chi connectivity index (χ2n) is 9.73. The molecule has 188 valence electrons. The number of carbonyl (C=O) groups excluding carboxylic acids is 2. The summed E-state index contributed by atoms with van der Waals surface area (Å²) in [6, 6.07) is 32.0. The number of thioether (sulfide) groups is 1. The van der Waals surface area contributed by atoms with Gasteiger partial charge in [0.2, 0.25) is 0 Å². The first kappa shape index (κ1) is 26.2. The molecule has 0 fully saturated rings. The second kappa shape index (κ2) is 11.9. The van der Waals surface area contributed by atoms with E-state index in [1.165, 1.54) is 10.5 Å². The summed E-state index contributed by atoms with van der Waals surface area (Å²) in [7, 11) is 0. The number of hydrogen-bond donors (Lipinski definition) is 1. The Morgan fingerprint density at radius 2 is 1.43 bits per heavy atom. The van der Waals surface area contributed by atoms with Crippen molar-refractivity contribution in [2.45, 2.75) is 31.1 Å². The first-order chi connectivity index (χ1) is 17.8. The van der Waals surface area contributed by atoms with Crippen LogP contribution in [0.3, 0.4) is 0 Å². The van der Waals surface area contributed by atoms with E-state index in [0.29, 0.717) is 29.0 Å². The van der Waals surface area contributed by atoms with E-state index in [9.17, 15) is 9.59 Å². The van der Waals surface area contributed by atoms with Gasteiger partial charge in [0.25, 0.3) is 5.91 Å². The Kier molecular flexibility index (Phi) is 8.47. The average molecular weight is 510 g/mol. The van der Waals surface area contributed by atoms with E-state index in [1.807, 2.05) is 42.5 Å². The first-order valence-electron chi connectivity index (χ1n) is 12.3. The van der Waals surface area contributed by atoms with E-state index in [2.05, 4.69) is 38.2 Å². The summed E-state index contributed by atoms with van der Waals surface area (Å²) in [5, 5.41) is 2.89. The molecule has 0 saturated heterocycles. The lowest BCUT2D eigenvalue weighted by Gasteiger charge is -2.19. The lowest BCUT2D eigenvalue weighted by atomic mass is 9.86. The van der Waals surface area contributed by atoms with Crippen LogP contribution in [0.4, 0.5) is 5.69 Å². The van der Waals surface area contributed by atoms with Crippen LogP contribution in [0, 0.1) is 0 Å². The number of carbonyl (C=O) groups is 2.